The highest BCUT2D eigenvalue weighted by atomic mass is 35.5. The Morgan fingerprint density at radius 2 is 1.68 bits per heavy atom. The maximum Gasteiger partial charge on any atom is 0.282 e. The van der Waals surface area contributed by atoms with Crippen molar-refractivity contribution >= 4 is 35.1 Å². The lowest BCUT2D eigenvalue weighted by Gasteiger charge is -2.19. The van der Waals surface area contributed by atoms with E-state index in [0.29, 0.717) is 28.1 Å². The number of aryl methyl sites for hydroxylation is 1. The van der Waals surface area contributed by atoms with Crippen molar-refractivity contribution in [2.24, 2.45) is 4.99 Å². The van der Waals surface area contributed by atoms with E-state index in [1.165, 1.54) is 0 Å². The molecule has 0 aliphatic carbocycles. The summed E-state index contributed by atoms with van der Waals surface area (Å²) in [5.41, 5.74) is 3.73. The van der Waals surface area contributed by atoms with Crippen LogP contribution in [0.25, 0.3) is 6.08 Å². The number of halogens is 1. The Morgan fingerprint density at radius 1 is 0.935 bits per heavy atom. The van der Waals surface area contributed by atoms with Gasteiger partial charge in [-0.05, 0) is 72.7 Å². The number of aliphatic imine (C=N–C) groups is 1. The van der Waals surface area contributed by atoms with Gasteiger partial charge in [0, 0.05) is 10.6 Å². The van der Waals surface area contributed by atoms with E-state index in [1.54, 1.807) is 43.4 Å². The first-order valence-corrected chi connectivity index (χ1v) is 10.1. The van der Waals surface area contributed by atoms with Crippen molar-refractivity contribution in [1.29, 1.82) is 0 Å². The highest BCUT2D eigenvalue weighted by molar-refractivity contribution is 6.34. The summed E-state index contributed by atoms with van der Waals surface area (Å²) < 4.78 is 10.7. The summed E-state index contributed by atoms with van der Waals surface area (Å²) >= 11 is 6.06. The van der Waals surface area contributed by atoms with Gasteiger partial charge in [0.05, 0.1) is 19.9 Å². The summed E-state index contributed by atoms with van der Waals surface area (Å²) in [6.45, 7) is 1.99. The molecule has 0 spiro atoms. The Morgan fingerprint density at radius 3 is 2.35 bits per heavy atom. The van der Waals surface area contributed by atoms with E-state index in [2.05, 4.69) is 4.99 Å². The fourth-order valence-electron chi connectivity index (χ4n) is 3.42. The van der Waals surface area contributed by atoms with E-state index in [9.17, 15) is 4.79 Å². The second-order valence-corrected chi connectivity index (χ2v) is 7.50. The third-order valence-corrected chi connectivity index (χ3v) is 5.19. The van der Waals surface area contributed by atoms with E-state index < -0.39 is 0 Å². The maximum absolute atomic E-state index is 13.4. The van der Waals surface area contributed by atoms with Gasteiger partial charge in [-0.3, -0.25) is 9.69 Å². The van der Waals surface area contributed by atoms with Crippen LogP contribution in [0.2, 0.25) is 5.02 Å². The number of anilines is 1. The molecule has 4 rings (SSSR count). The lowest BCUT2D eigenvalue weighted by atomic mass is 10.1. The molecule has 0 N–H and O–H groups in total. The van der Waals surface area contributed by atoms with Crippen molar-refractivity contribution in [2.45, 2.75) is 6.92 Å². The fraction of sp³-hybridized carbons (Fsp3) is 0.120. The normalized spacial score (nSPS) is 14.7. The molecule has 0 aromatic heterocycles. The molecular formula is C25H21ClN2O3. The van der Waals surface area contributed by atoms with Gasteiger partial charge in [0.15, 0.2) is 11.5 Å². The maximum atomic E-state index is 13.4. The molecule has 5 nitrogen and oxygen atoms in total. The minimum absolute atomic E-state index is 0.203. The summed E-state index contributed by atoms with van der Waals surface area (Å²) in [5, 5.41) is 0.622. The molecule has 0 bridgehead atoms. The van der Waals surface area contributed by atoms with Crippen molar-refractivity contribution in [1.82, 2.24) is 0 Å². The number of amides is 1. The van der Waals surface area contributed by atoms with Crippen LogP contribution in [0.3, 0.4) is 0 Å². The van der Waals surface area contributed by atoms with Crippen LogP contribution in [0, 0.1) is 6.92 Å². The Kier molecular flexibility index (Phi) is 5.78. The highest BCUT2D eigenvalue weighted by Gasteiger charge is 2.32. The van der Waals surface area contributed by atoms with E-state index in [0.717, 1.165) is 22.4 Å². The minimum atomic E-state index is -0.203. The third-order valence-electron chi connectivity index (χ3n) is 4.93. The van der Waals surface area contributed by atoms with E-state index >= 15 is 0 Å². The molecule has 1 heterocycles. The topological polar surface area (TPSA) is 51.1 Å². The van der Waals surface area contributed by atoms with Gasteiger partial charge >= 0.3 is 0 Å². The average molecular weight is 433 g/mol. The molecule has 3 aromatic rings. The SMILES string of the molecule is COc1ccc(/C=C2\N=C(c3ccc(Cl)cc3)N(c3cccc(C)c3)C2=O)cc1OC. The zero-order chi connectivity index (χ0) is 22.0. The van der Waals surface area contributed by atoms with Crippen molar-refractivity contribution in [3.8, 4) is 11.5 Å². The summed E-state index contributed by atoms with van der Waals surface area (Å²) in [6, 6.07) is 20.5. The number of benzene rings is 3. The molecule has 31 heavy (non-hydrogen) atoms. The number of rotatable bonds is 5. The lowest BCUT2D eigenvalue weighted by Crippen LogP contribution is -2.32. The first kappa shape index (κ1) is 20.7. The number of nitrogens with zero attached hydrogens (tertiary/aromatic N) is 2. The van der Waals surface area contributed by atoms with Gasteiger partial charge in [0.1, 0.15) is 11.5 Å². The quantitative estimate of drug-likeness (QED) is 0.500. The molecule has 0 unspecified atom stereocenters. The summed E-state index contributed by atoms with van der Waals surface area (Å²) in [6.07, 6.45) is 1.75. The monoisotopic (exact) mass is 432 g/mol. The van der Waals surface area contributed by atoms with Crippen LogP contribution < -0.4 is 14.4 Å². The van der Waals surface area contributed by atoms with Gasteiger partial charge in [-0.15, -0.1) is 0 Å². The highest BCUT2D eigenvalue weighted by Crippen LogP contribution is 2.31. The molecule has 0 radical (unpaired) electrons. The van der Waals surface area contributed by atoms with Crippen molar-refractivity contribution in [2.75, 3.05) is 19.1 Å². The average Bonchev–Trinajstić information content (AvgIpc) is 3.10. The van der Waals surface area contributed by atoms with Crippen LogP contribution in [-0.4, -0.2) is 26.0 Å². The Labute approximate surface area is 186 Å². The molecule has 0 saturated heterocycles. The van der Waals surface area contributed by atoms with E-state index in [4.69, 9.17) is 21.1 Å². The number of hydrogen-bond acceptors (Lipinski definition) is 4. The van der Waals surface area contributed by atoms with Gasteiger partial charge in [0.2, 0.25) is 0 Å². The van der Waals surface area contributed by atoms with Crippen LogP contribution >= 0.6 is 11.6 Å². The van der Waals surface area contributed by atoms with Gasteiger partial charge in [-0.2, -0.15) is 0 Å². The van der Waals surface area contributed by atoms with Crippen molar-refractivity contribution < 1.29 is 14.3 Å². The fourth-order valence-corrected chi connectivity index (χ4v) is 3.54. The number of ether oxygens (including phenoxy) is 2. The zero-order valence-electron chi connectivity index (χ0n) is 17.4. The van der Waals surface area contributed by atoms with Gasteiger partial charge in [-0.1, -0.05) is 29.8 Å². The van der Waals surface area contributed by atoms with Gasteiger partial charge in [-0.25, -0.2) is 4.99 Å². The Hall–Kier alpha value is -3.57. The zero-order valence-corrected chi connectivity index (χ0v) is 18.2. The number of amidine groups is 1. The van der Waals surface area contributed by atoms with Crippen LogP contribution in [0.4, 0.5) is 5.69 Å². The molecular weight excluding hydrogens is 412 g/mol. The molecule has 0 fully saturated rings. The largest absolute Gasteiger partial charge is 0.493 e. The van der Waals surface area contributed by atoms with Gasteiger partial charge in [0.25, 0.3) is 5.91 Å². The second kappa shape index (κ2) is 8.66. The lowest BCUT2D eigenvalue weighted by molar-refractivity contribution is -0.113. The molecule has 0 atom stereocenters. The third kappa shape index (κ3) is 4.18. The molecule has 0 saturated carbocycles. The Bertz CT molecular complexity index is 1200. The molecule has 6 heteroatoms. The predicted molar refractivity (Wildman–Crippen MR) is 124 cm³/mol. The first-order chi connectivity index (χ1) is 15.0. The molecule has 3 aromatic carbocycles. The standard InChI is InChI=1S/C25H21ClN2O3/c1-16-5-4-6-20(13-16)28-24(18-8-10-19(26)11-9-18)27-21(25(28)29)14-17-7-12-22(30-2)23(15-17)31-3/h4-15H,1-3H3/b21-14-. The van der Waals surface area contributed by atoms with Crippen LogP contribution in [0.15, 0.2) is 77.4 Å². The molecule has 1 aliphatic heterocycles. The first-order valence-electron chi connectivity index (χ1n) is 9.69. The summed E-state index contributed by atoms with van der Waals surface area (Å²) in [5.74, 6) is 1.55. The summed E-state index contributed by atoms with van der Waals surface area (Å²) in [4.78, 5) is 19.7. The van der Waals surface area contributed by atoms with Crippen molar-refractivity contribution in [3.05, 3.63) is 94.1 Å². The number of methoxy groups -OCH3 is 2. The smallest absolute Gasteiger partial charge is 0.282 e. The number of carbonyl (C=O) groups excluding carboxylic acids is 1. The molecule has 1 amide bonds. The number of carbonyl (C=O) groups is 1. The second-order valence-electron chi connectivity index (χ2n) is 7.07. The molecule has 156 valence electrons. The number of hydrogen-bond donors (Lipinski definition) is 0. The van der Waals surface area contributed by atoms with Crippen LogP contribution in [0.5, 0.6) is 11.5 Å². The van der Waals surface area contributed by atoms with Crippen molar-refractivity contribution in [3.63, 3.8) is 0 Å². The van der Waals surface area contributed by atoms with Gasteiger partial charge < -0.3 is 9.47 Å². The Balaban J connectivity index is 1.81. The van der Waals surface area contributed by atoms with E-state index in [1.807, 2.05) is 55.5 Å². The minimum Gasteiger partial charge on any atom is -0.493 e. The predicted octanol–water partition coefficient (Wildman–Crippen LogP) is 5.50. The molecule has 1 aliphatic rings. The van der Waals surface area contributed by atoms with Crippen LogP contribution in [-0.2, 0) is 4.79 Å². The van der Waals surface area contributed by atoms with Crippen LogP contribution in [0.1, 0.15) is 16.7 Å². The van der Waals surface area contributed by atoms with E-state index in [-0.39, 0.29) is 5.91 Å². The summed E-state index contributed by atoms with van der Waals surface area (Å²) in [7, 11) is 3.16.